The van der Waals surface area contributed by atoms with Crippen molar-refractivity contribution >= 4 is 33.5 Å². The molecule has 0 aliphatic heterocycles. The summed E-state index contributed by atoms with van der Waals surface area (Å²) in [6.07, 6.45) is 0. The minimum Gasteiger partial charge on any atom is -0.419 e. The van der Waals surface area contributed by atoms with Crippen molar-refractivity contribution in [3.8, 4) is 17.5 Å². The second-order valence-electron chi connectivity index (χ2n) is 5.57. The van der Waals surface area contributed by atoms with Crippen LogP contribution < -0.4 is 4.90 Å². The molecule has 3 rings (SSSR count). The topological polar surface area (TPSA) is 70.1 Å². The van der Waals surface area contributed by atoms with E-state index in [4.69, 9.17) is 4.42 Å². The number of thioether (sulfide) groups is 1. The van der Waals surface area contributed by atoms with Crippen molar-refractivity contribution in [2.24, 2.45) is 0 Å². The van der Waals surface area contributed by atoms with Gasteiger partial charge >= 0.3 is 0 Å². The Morgan fingerprint density at radius 3 is 2.80 bits per heavy atom. The maximum absolute atomic E-state index is 11.1. The van der Waals surface area contributed by atoms with Gasteiger partial charge in [0, 0.05) is 31.8 Å². The second kappa shape index (κ2) is 7.41. The number of nitriles is 1. The Morgan fingerprint density at radius 1 is 1.28 bits per heavy atom. The lowest BCUT2D eigenvalue weighted by atomic mass is 10.0. The molecule has 0 fully saturated rings. The zero-order chi connectivity index (χ0) is 17.8. The Kier molecular flexibility index (Phi) is 5.05. The van der Waals surface area contributed by atoms with Gasteiger partial charge in [-0.1, -0.05) is 48.2 Å². The van der Waals surface area contributed by atoms with Crippen molar-refractivity contribution in [2.75, 3.05) is 24.2 Å². The highest BCUT2D eigenvalue weighted by atomic mass is 32.2. The number of carbonyl (C=O) groups is 1. The van der Waals surface area contributed by atoms with Gasteiger partial charge in [0.1, 0.15) is 6.07 Å². The van der Waals surface area contributed by atoms with Gasteiger partial charge in [-0.3, -0.25) is 4.79 Å². The first-order chi connectivity index (χ1) is 12.1. The van der Waals surface area contributed by atoms with Crippen LogP contribution in [-0.2, 0) is 4.79 Å². The van der Waals surface area contributed by atoms with Crippen LogP contribution in [0, 0.1) is 11.3 Å². The maximum Gasteiger partial charge on any atom is 0.234 e. The Labute approximate surface area is 150 Å². The number of aromatic nitrogens is 1. The predicted molar refractivity (Wildman–Crippen MR) is 101 cm³/mol. The van der Waals surface area contributed by atoms with Crippen LogP contribution in [0.1, 0.15) is 12.6 Å². The van der Waals surface area contributed by atoms with Crippen LogP contribution in [0.4, 0.5) is 5.88 Å². The SMILES string of the molecule is CC(=O)SCCN(C)c1oc(-c2cccc3ccccc23)nc1C#N. The molecule has 5 nitrogen and oxygen atoms in total. The highest BCUT2D eigenvalue weighted by molar-refractivity contribution is 8.13. The molecule has 0 bridgehead atoms. The van der Waals surface area contributed by atoms with Crippen LogP contribution in [-0.4, -0.2) is 29.4 Å². The number of benzene rings is 2. The average Bonchev–Trinajstić information content (AvgIpc) is 3.05. The highest BCUT2D eigenvalue weighted by Crippen LogP contribution is 2.32. The Morgan fingerprint density at radius 2 is 2.04 bits per heavy atom. The summed E-state index contributed by atoms with van der Waals surface area (Å²) in [5.41, 5.74) is 1.10. The lowest BCUT2D eigenvalue weighted by Gasteiger charge is -2.14. The molecule has 126 valence electrons. The first-order valence-corrected chi connectivity index (χ1v) is 8.82. The van der Waals surface area contributed by atoms with Crippen LogP contribution in [0.2, 0.25) is 0 Å². The quantitative estimate of drug-likeness (QED) is 0.690. The van der Waals surface area contributed by atoms with E-state index in [-0.39, 0.29) is 10.8 Å². The summed E-state index contributed by atoms with van der Waals surface area (Å²) in [6.45, 7) is 2.13. The van der Waals surface area contributed by atoms with E-state index in [9.17, 15) is 10.1 Å². The van der Waals surface area contributed by atoms with E-state index in [1.54, 1.807) is 6.92 Å². The van der Waals surface area contributed by atoms with Gasteiger partial charge in [0.05, 0.1) is 0 Å². The van der Waals surface area contributed by atoms with E-state index >= 15 is 0 Å². The summed E-state index contributed by atoms with van der Waals surface area (Å²) in [4.78, 5) is 17.2. The number of nitrogens with zero attached hydrogens (tertiary/aromatic N) is 3. The van der Waals surface area contributed by atoms with Gasteiger partial charge < -0.3 is 9.32 Å². The van der Waals surface area contributed by atoms with Crippen molar-refractivity contribution in [1.82, 2.24) is 4.98 Å². The molecule has 2 aromatic carbocycles. The fourth-order valence-electron chi connectivity index (χ4n) is 2.60. The molecular formula is C19H17N3O2S. The molecule has 0 radical (unpaired) electrons. The highest BCUT2D eigenvalue weighted by Gasteiger charge is 2.19. The minimum absolute atomic E-state index is 0.0721. The summed E-state index contributed by atoms with van der Waals surface area (Å²) in [5, 5.41) is 11.6. The van der Waals surface area contributed by atoms with Crippen LogP contribution >= 0.6 is 11.8 Å². The number of oxazole rings is 1. The fourth-order valence-corrected chi connectivity index (χ4v) is 3.25. The number of rotatable bonds is 5. The van der Waals surface area contributed by atoms with E-state index in [1.165, 1.54) is 11.8 Å². The summed E-state index contributed by atoms with van der Waals surface area (Å²) in [6, 6.07) is 16.0. The van der Waals surface area contributed by atoms with Gasteiger partial charge in [0.25, 0.3) is 0 Å². The number of anilines is 1. The summed E-state index contributed by atoms with van der Waals surface area (Å²) in [5.74, 6) is 1.48. The van der Waals surface area contributed by atoms with E-state index in [1.807, 2.05) is 54.4 Å². The molecular weight excluding hydrogens is 334 g/mol. The fraction of sp³-hybridized carbons (Fsp3) is 0.211. The molecule has 0 aliphatic rings. The predicted octanol–water partition coefficient (Wildman–Crippen LogP) is 4.08. The van der Waals surface area contributed by atoms with Gasteiger partial charge in [-0.05, 0) is 16.8 Å². The van der Waals surface area contributed by atoms with Crippen LogP contribution in [0.15, 0.2) is 46.9 Å². The Balaban J connectivity index is 1.95. The minimum atomic E-state index is 0.0721. The van der Waals surface area contributed by atoms with Gasteiger partial charge in [-0.2, -0.15) is 10.2 Å². The normalized spacial score (nSPS) is 10.6. The lowest BCUT2D eigenvalue weighted by Crippen LogP contribution is -2.21. The number of carbonyl (C=O) groups excluding carboxylic acids is 1. The molecule has 3 aromatic rings. The zero-order valence-electron chi connectivity index (χ0n) is 14.0. The van der Waals surface area contributed by atoms with Crippen molar-refractivity contribution in [2.45, 2.75) is 6.92 Å². The van der Waals surface area contributed by atoms with Crippen molar-refractivity contribution in [3.63, 3.8) is 0 Å². The number of hydrogen-bond acceptors (Lipinski definition) is 6. The maximum atomic E-state index is 11.1. The van der Waals surface area contributed by atoms with Crippen LogP contribution in [0.25, 0.3) is 22.2 Å². The molecule has 6 heteroatoms. The number of hydrogen-bond donors (Lipinski definition) is 0. The molecule has 0 atom stereocenters. The first kappa shape index (κ1) is 17.1. The van der Waals surface area contributed by atoms with Crippen molar-refractivity contribution in [1.29, 1.82) is 5.26 Å². The molecule has 0 aliphatic carbocycles. The van der Waals surface area contributed by atoms with E-state index in [2.05, 4.69) is 11.1 Å². The largest absolute Gasteiger partial charge is 0.419 e. The monoisotopic (exact) mass is 351 g/mol. The van der Waals surface area contributed by atoms with Crippen LogP contribution in [0.3, 0.4) is 0 Å². The van der Waals surface area contributed by atoms with Gasteiger partial charge in [0.2, 0.25) is 17.5 Å². The molecule has 0 unspecified atom stereocenters. The molecule has 0 saturated carbocycles. The standard InChI is InChI=1S/C19H17N3O2S/c1-13(23)25-11-10-22(2)19-17(12-20)21-18(24-19)16-9-5-7-14-6-3-4-8-15(14)16/h3-9H,10-11H2,1-2H3. The summed E-state index contributed by atoms with van der Waals surface area (Å²) < 4.78 is 5.92. The Bertz CT molecular complexity index is 953. The number of fused-ring (bicyclic) bond motifs is 1. The van der Waals surface area contributed by atoms with E-state index in [0.29, 0.717) is 24.1 Å². The smallest absolute Gasteiger partial charge is 0.234 e. The third kappa shape index (κ3) is 3.67. The third-order valence-corrected chi connectivity index (χ3v) is 4.61. The van der Waals surface area contributed by atoms with Crippen LogP contribution in [0.5, 0.6) is 0 Å². The molecule has 1 heterocycles. The van der Waals surface area contributed by atoms with Gasteiger partial charge in [0.15, 0.2) is 5.12 Å². The molecule has 0 N–H and O–H groups in total. The third-order valence-electron chi connectivity index (χ3n) is 3.81. The van der Waals surface area contributed by atoms with Gasteiger partial charge in [-0.15, -0.1) is 0 Å². The van der Waals surface area contributed by atoms with Crippen molar-refractivity contribution < 1.29 is 9.21 Å². The summed E-state index contributed by atoms with van der Waals surface area (Å²) >= 11 is 1.25. The lowest BCUT2D eigenvalue weighted by molar-refractivity contribution is -0.109. The molecule has 0 saturated heterocycles. The first-order valence-electron chi connectivity index (χ1n) is 7.83. The van der Waals surface area contributed by atoms with Gasteiger partial charge in [-0.25, -0.2) is 0 Å². The zero-order valence-corrected chi connectivity index (χ0v) is 14.8. The molecule has 0 spiro atoms. The Hall–Kier alpha value is -2.78. The van der Waals surface area contributed by atoms with Crippen molar-refractivity contribution in [3.05, 3.63) is 48.2 Å². The summed E-state index contributed by atoms with van der Waals surface area (Å²) in [7, 11) is 1.83. The molecule has 0 amide bonds. The molecule has 1 aromatic heterocycles. The second-order valence-corrected chi connectivity index (χ2v) is 6.84. The van der Waals surface area contributed by atoms with E-state index in [0.717, 1.165) is 16.3 Å². The average molecular weight is 351 g/mol. The van der Waals surface area contributed by atoms with E-state index < -0.39 is 0 Å². The molecule has 25 heavy (non-hydrogen) atoms.